The summed E-state index contributed by atoms with van der Waals surface area (Å²) in [7, 11) is 1.52. The normalized spacial score (nSPS) is 14.0. The van der Waals surface area contributed by atoms with E-state index in [1.165, 1.54) is 20.1 Å². The molecule has 0 saturated heterocycles. The van der Waals surface area contributed by atoms with Gasteiger partial charge in [0.25, 0.3) is 0 Å². The lowest BCUT2D eigenvalue weighted by Crippen LogP contribution is -2.21. The van der Waals surface area contributed by atoms with E-state index in [9.17, 15) is 14.4 Å². The van der Waals surface area contributed by atoms with Crippen LogP contribution in [0, 0.1) is 0 Å². The Morgan fingerprint density at radius 1 is 1.24 bits per heavy atom. The van der Waals surface area contributed by atoms with Gasteiger partial charge in [-0.3, -0.25) is 14.4 Å². The van der Waals surface area contributed by atoms with Crippen LogP contribution in [0.15, 0.2) is 23.8 Å². The fourth-order valence-corrected chi connectivity index (χ4v) is 2.53. The fourth-order valence-electron chi connectivity index (χ4n) is 2.53. The summed E-state index contributed by atoms with van der Waals surface area (Å²) in [5, 5.41) is 0. The summed E-state index contributed by atoms with van der Waals surface area (Å²) in [6.07, 6.45) is 1.28. The molecule has 21 heavy (non-hydrogen) atoms. The Bertz CT molecular complexity index is 666. The number of methoxy groups -OCH3 is 1. The van der Waals surface area contributed by atoms with Crippen LogP contribution in [0.25, 0.3) is 0 Å². The molecule has 110 valence electrons. The molecule has 0 spiro atoms. The largest absolute Gasteiger partial charge is 0.497 e. The van der Waals surface area contributed by atoms with Crippen molar-refractivity contribution in [3.05, 3.63) is 40.5 Å². The third kappa shape index (κ3) is 2.79. The summed E-state index contributed by atoms with van der Waals surface area (Å²) in [6.45, 7) is 5.32. The van der Waals surface area contributed by atoms with Gasteiger partial charge in [0.05, 0.1) is 7.11 Å². The molecule has 0 heterocycles. The van der Waals surface area contributed by atoms with Gasteiger partial charge in [0, 0.05) is 23.1 Å². The van der Waals surface area contributed by atoms with Gasteiger partial charge in [0.1, 0.15) is 11.5 Å². The second kappa shape index (κ2) is 5.64. The van der Waals surface area contributed by atoms with Gasteiger partial charge in [0.15, 0.2) is 11.6 Å². The van der Waals surface area contributed by atoms with E-state index in [4.69, 9.17) is 4.74 Å². The molecule has 1 aliphatic rings. The Morgan fingerprint density at radius 3 is 2.43 bits per heavy atom. The monoisotopic (exact) mass is 286 g/mol. The van der Waals surface area contributed by atoms with Crippen LogP contribution in [0.3, 0.4) is 0 Å². The molecule has 0 atom stereocenters. The molecule has 1 aromatic carbocycles. The average Bonchev–Trinajstić information content (AvgIpc) is 2.42. The number of hydrogen-bond acceptors (Lipinski definition) is 4. The van der Waals surface area contributed by atoms with E-state index in [0.29, 0.717) is 16.9 Å². The van der Waals surface area contributed by atoms with Crippen LogP contribution in [0.4, 0.5) is 0 Å². The molecule has 2 rings (SSSR count). The van der Waals surface area contributed by atoms with Crippen LogP contribution >= 0.6 is 0 Å². The van der Waals surface area contributed by atoms with Gasteiger partial charge in [0.2, 0.25) is 0 Å². The number of carbonyl (C=O) groups excluding carboxylic acids is 3. The number of rotatable bonds is 4. The number of Topliss-reactive ketones (excluding diaryl/α,β-unsaturated/α-hetero) is 2. The Balaban J connectivity index is 2.64. The Kier molecular flexibility index (Phi) is 4.07. The Labute approximate surface area is 123 Å². The quantitative estimate of drug-likeness (QED) is 0.853. The highest BCUT2D eigenvalue weighted by Gasteiger charge is 2.29. The molecule has 0 fully saturated rings. The van der Waals surface area contributed by atoms with Gasteiger partial charge < -0.3 is 4.74 Å². The van der Waals surface area contributed by atoms with E-state index in [1.807, 2.05) is 13.8 Å². The van der Waals surface area contributed by atoms with Gasteiger partial charge >= 0.3 is 0 Å². The maximum atomic E-state index is 12.5. The van der Waals surface area contributed by atoms with Gasteiger partial charge in [-0.2, -0.15) is 0 Å². The van der Waals surface area contributed by atoms with Crippen molar-refractivity contribution in [1.82, 2.24) is 0 Å². The van der Waals surface area contributed by atoms with Gasteiger partial charge in [-0.25, -0.2) is 0 Å². The summed E-state index contributed by atoms with van der Waals surface area (Å²) in [5.74, 6) is 0.0154. The Hall–Kier alpha value is -2.23. The predicted octanol–water partition coefficient (Wildman–Crippen LogP) is 3.10. The first kappa shape index (κ1) is 15.2. The highest BCUT2D eigenvalue weighted by molar-refractivity contribution is 6.26. The van der Waals surface area contributed by atoms with Crippen molar-refractivity contribution in [1.29, 1.82) is 0 Å². The lowest BCUT2D eigenvalue weighted by Gasteiger charge is -2.20. The minimum atomic E-state index is -0.263. The topological polar surface area (TPSA) is 60.4 Å². The van der Waals surface area contributed by atoms with E-state index in [0.717, 1.165) is 5.56 Å². The van der Waals surface area contributed by atoms with Gasteiger partial charge in [-0.15, -0.1) is 0 Å². The van der Waals surface area contributed by atoms with E-state index < -0.39 is 0 Å². The van der Waals surface area contributed by atoms with Crippen molar-refractivity contribution in [3.8, 4) is 5.75 Å². The molecule has 4 heteroatoms. The molecule has 1 aromatic rings. The minimum Gasteiger partial charge on any atom is -0.497 e. The number of ketones is 3. The number of ether oxygens (including phenoxy) is 1. The number of allylic oxidation sites excluding steroid dienone is 2. The van der Waals surface area contributed by atoms with E-state index >= 15 is 0 Å². The lowest BCUT2D eigenvalue weighted by molar-refractivity contribution is -0.116. The van der Waals surface area contributed by atoms with E-state index in [-0.39, 0.29) is 35.3 Å². The van der Waals surface area contributed by atoms with Crippen LogP contribution in [-0.2, 0) is 4.79 Å². The second-order valence-corrected chi connectivity index (χ2v) is 5.54. The maximum Gasteiger partial charge on any atom is 0.190 e. The summed E-state index contributed by atoms with van der Waals surface area (Å²) >= 11 is 0. The molecule has 0 radical (unpaired) electrons. The number of hydrogen-bond donors (Lipinski definition) is 0. The van der Waals surface area contributed by atoms with Crippen molar-refractivity contribution >= 4 is 17.3 Å². The second-order valence-electron chi connectivity index (χ2n) is 5.54. The summed E-state index contributed by atoms with van der Waals surface area (Å²) in [4.78, 5) is 36.1. The minimum absolute atomic E-state index is 0.0156. The molecule has 0 unspecified atom stereocenters. The zero-order chi connectivity index (χ0) is 15.7. The van der Waals surface area contributed by atoms with Crippen molar-refractivity contribution < 1.29 is 19.1 Å². The molecule has 4 nitrogen and oxygen atoms in total. The number of benzene rings is 1. The first-order valence-corrected chi connectivity index (χ1v) is 6.86. The highest BCUT2D eigenvalue weighted by Crippen LogP contribution is 2.33. The van der Waals surface area contributed by atoms with Crippen molar-refractivity contribution in [2.24, 2.45) is 0 Å². The standard InChI is InChI=1S/C17H18O4/c1-9(2)13-7-12(21-4)8-14-16(13)15(19)6-11(17(14)20)5-10(3)18/h6-9H,5H2,1-4H3. The summed E-state index contributed by atoms with van der Waals surface area (Å²) in [6, 6.07) is 3.37. The van der Waals surface area contributed by atoms with Crippen molar-refractivity contribution in [2.45, 2.75) is 33.1 Å². The summed E-state index contributed by atoms with van der Waals surface area (Å²) < 4.78 is 5.22. The van der Waals surface area contributed by atoms with Crippen LogP contribution in [-0.4, -0.2) is 24.5 Å². The first-order chi connectivity index (χ1) is 9.85. The van der Waals surface area contributed by atoms with Gasteiger partial charge in [-0.05, 0) is 36.6 Å². The SMILES string of the molecule is COc1cc2c(c(C(C)C)c1)C(=O)C=C(CC(C)=O)C2=O. The van der Waals surface area contributed by atoms with Crippen LogP contribution in [0.1, 0.15) is 59.4 Å². The molecule has 0 saturated carbocycles. The third-order valence-electron chi connectivity index (χ3n) is 3.53. The fraction of sp³-hybridized carbons (Fsp3) is 0.353. The zero-order valence-corrected chi connectivity index (χ0v) is 12.6. The van der Waals surface area contributed by atoms with E-state index in [2.05, 4.69) is 0 Å². The molecule has 0 N–H and O–H groups in total. The molecule has 0 bridgehead atoms. The number of carbonyl (C=O) groups is 3. The summed E-state index contributed by atoms with van der Waals surface area (Å²) in [5.41, 5.74) is 1.81. The molecular formula is C17H18O4. The van der Waals surface area contributed by atoms with Crippen molar-refractivity contribution in [2.75, 3.05) is 7.11 Å². The smallest absolute Gasteiger partial charge is 0.190 e. The average molecular weight is 286 g/mol. The van der Waals surface area contributed by atoms with Crippen LogP contribution < -0.4 is 4.74 Å². The third-order valence-corrected chi connectivity index (χ3v) is 3.53. The van der Waals surface area contributed by atoms with Crippen LogP contribution in [0.5, 0.6) is 5.75 Å². The maximum absolute atomic E-state index is 12.5. The molecule has 0 aliphatic heterocycles. The lowest BCUT2D eigenvalue weighted by atomic mass is 9.82. The van der Waals surface area contributed by atoms with Crippen molar-refractivity contribution in [3.63, 3.8) is 0 Å². The molecule has 0 aromatic heterocycles. The predicted molar refractivity (Wildman–Crippen MR) is 79.1 cm³/mol. The molecular weight excluding hydrogens is 268 g/mol. The van der Waals surface area contributed by atoms with Crippen LogP contribution in [0.2, 0.25) is 0 Å². The first-order valence-electron chi connectivity index (χ1n) is 6.86. The van der Waals surface area contributed by atoms with Gasteiger partial charge in [-0.1, -0.05) is 13.8 Å². The Morgan fingerprint density at radius 2 is 1.90 bits per heavy atom. The number of fused-ring (bicyclic) bond motifs is 1. The highest BCUT2D eigenvalue weighted by atomic mass is 16.5. The molecule has 0 amide bonds. The zero-order valence-electron chi connectivity index (χ0n) is 12.6. The van der Waals surface area contributed by atoms with E-state index in [1.54, 1.807) is 12.1 Å². The molecule has 1 aliphatic carbocycles.